The summed E-state index contributed by atoms with van der Waals surface area (Å²) in [5, 5.41) is 4.01. The highest BCUT2D eigenvalue weighted by Gasteiger charge is 2.42. The van der Waals surface area contributed by atoms with E-state index in [2.05, 4.69) is 25.7 Å². The molecule has 0 aliphatic carbocycles. The van der Waals surface area contributed by atoms with Gasteiger partial charge in [-0.25, -0.2) is 8.42 Å². The summed E-state index contributed by atoms with van der Waals surface area (Å²) in [6.07, 6.45) is 4.91. The van der Waals surface area contributed by atoms with E-state index in [1.807, 2.05) is 71.8 Å². The molecule has 0 saturated carbocycles. The van der Waals surface area contributed by atoms with E-state index in [-0.39, 0.29) is 12.1 Å². The molecule has 1 aliphatic rings. The van der Waals surface area contributed by atoms with E-state index in [9.17, 15) is 8.42 Å². The van der Waals surface area contributed by atoms with Gasteiger partial charge in [0.25, 0.3) is 0 Å². The summed E-state index contributed by atoms with van der Waals surface area (Å²) in [5.41, 5.74) is 4.13. The predicted molar refractivity (Wildman–Crippen MR) is 145 cm³/mol. The Balaban J connectivity index is 1.61. The topological polar surface area (TPSA) is 88.5 Å². The second-order valence-corrected chi connectivity index (χ2v) is 10.6. The molecule has 1 fully saturated rings. The first-order valence-electron chi connectivity index (χ1n) is 11.2. The standard InChI is InChI=1S/C26H25N5O3S2/c1-34-21-8-5-7-20(17-21)30-16-6-10-23(30)25-24(22-9-3-4-15-27-22)28-26(35)31(25)19-13-11-18(12-14-19)29-36(2,32)33/h3-17,24-25,29H,1-2H3,(H,28,35)/t24-,25-/m0/s1. The van der Waals surface area contributed by atoms with Gasteiger partial charge in [0.1, 0.15) is 11.8 Å². The average Bonchev–Trinajstić information content (AvgIpc) is 3.48. The second kappa shape index (κ2) is 9.63. The van der Waals surface area contributed by atoms with E-state index in [1.165, 1.54) is 0 Å². The Kier molecular flexibility index (Phi) is 6.38. The van der Waals surface area contributed by atoms with Crippen molar-refractivity contribution in [2.45, 2.75) is 12.1 Å². The number of pyridine rings is 1. The molecule has 3 heterocycles. The minimum absolute atomic E-state index is 0.216. The van der Waals surface area contributed by atoms with Crippen molar-refractivity contribution >= 4 is 38.7 Å². The number of sulfonamides is 1. The minimum atomic E-state index is -3.38. The molecule has 36 heavy (non-hydrogen) atoms. The van der Waals surface area contributed by atoms with E-state index in [4.69, 9.17) is 17.0 Å². The molecule has 0 spiro atoms. The van der Waals surface area contributed by atoms with Gasteiger partial charge in [0, 0.05) is 41.2 Å². The summed E-state index contributed by atoms with van der Waals surface area (Å²) in [4.78, 5) is 6.66. The summed E-state index contributed by atoms with van der Waals surface area (Å²) >= 11 is 5.82. The number of nitrogens with one attached hydrogen (secondary N) is 2. The average molecular weight is 520 g/mol. The molecular weight excluding hydrogens is 494 g/mol. The number of benzene rings is 2. The molecule has 2 aromatic carbocycles. The molecule has 5 rings (SSSR count). The lowest BCUT2D eigenvalue weighted by atomic mass is 10.0. The Hall–Kier alpha value is -3.89. The molecule has 0 bridgehead atoms. The summed E-state index contributed by atoms with van der Waals surface area (Å²) in [5.74, 6) is 0.763. The monoisotopic (exact) mass is 519 g/mol. The molecule has 0 amide bonds. The first-order chi connectivity index (χ1) is 17.3. The smallest absolute Gasteiger partial charge is 0.229 e. The molecule has 1 aliphatic heterocycles. The van der Waals surface area contributed by atoms with E-state index >= 15 is 0 Å². The zero-order valence-corrected chi connectivity index (χ0v) is 21.3. The van der Waals surface area contributed by atoms with Crippen LogP contribution >= 0.6 is 12.2 Å². The van der Waals surface area contributed by atoms with E-state index in [0.717, 1.165) is 34.8 Å². The van der Waals surface area contributed by atoms with Crippen LogP contribution in [-0.4, -0.2) is 36.4 Å². The lowest BCUT2D eigenvalue weighted by molar-refractivity contribution is 0.414. The third-order valence-electron chi connectivity index (χ3n) is 5.96. The van der Waals surface area contributed by atoms with E-state index in [1.54, 1.807) is 25.4 Å². The van der Waals surface area contributed by atoms with Crippen LogP contribution in [0.3, 0.4) is 0 Å². The van der Waals surface area contributed by atoms with Crippen molar-refractivity contribution in [1.82, 2.24) is 14.9 Å². The third kappa shape index (κ3) is 4.77. The zero-order chi connectivity index (χ0) is 25.3. The first-order valence-corrected chi connectivity index (χ1v) is 13.5. The molecule has 2 N–H and O–H groups in total. The SMILES string of the molecule is COc1cccc(-n2cccc2[C@H]2[C@H](c3ccccn3)NC(=S)N2c2ccc(NS(C)(=O)=O)cc2)c1. The Morgan fingerprint density at radius 2 is 1.81 bits per heavy atom. The number of thiocarbonyl (C=S) groups is 1. The highest BCUT2D eigenvalue weighted by atomic mass is 32.2. The van der Waals surface area contributed by atoms with Crippen molar-refractivity contribution < 1.29 is 13.2 Å². The fourth-order valence-corrected chi connectivity index (χ4v) is 5.38. The minimum Gasteiger partial charge on any atom is -0.497 e. The van der Waals surface area contributed by atoms with Gasteiger partial charge >= 0.3 is 0 Å². The molecule has 0 radical (unpaired) electrons. The van der Waals surface area contributed by atoms with Crippen molar-refractivity contribution in [1.29, 1.82) is 0 Å². The highest BCUT2D eigenvalue weighted by molar-refractivity contribution is 7.92. The zero-order valence-electron chi connectivity index (χ0n) is 19.7. The summed E-state index contributed by atoms with van der Waals surface area (Å²) in [6.45, 7) is 0. The molecule has 8 nitrogen and oxygen atoms in total. The maximum absolute atomic E-state index is 11.6. The van der Waals surface area contributed by atoms with Crippen molar-refractivity contribution in [3.8, 4) is 11.4 Å². The number of hydrogen-bond acceptors (Lipinski definition) is 5. The Bertz CT molecular complexity index is 1490. The van der Waals surface area contributed by atoms with Gasteiger partial charge in [-0.05, 0) is 72.9 Å². The van der Waals surface area contributed by atoms with Gasteiger partial charge in [0.2, 0.25) is 10.0 Å². The summed E-state index contributed by atoms with van der Waals surface area (Å²) < 4.78 is 33.4. The van der Waals surface area contributed by atoms with Crippen LogP contribution in [0.25, 0.3) is 5.69 Å². The molecule has 0 unspecified atom stereocenters. The van der Waals surface area contributed by atoms with Crippen LogP contribution in [0.15, 0.2) is 91.3 Å². The lowest BCUT2D eigenvalue weighted by Crippen LogP contribution is -2.30. The first kappa shape index (κ1) is 23.8. The third-order valence-corrected chi connectivity index (χ3v) is 6.88. The fraction of sp³-hybridized carbons (Fsp3) is 0.154. The van der Waals surface area contributed by atoms with Crippen LogP contribution < -0.4 is 19.7 Å². The molecular formula is C26H25N5O3S2. The molecule has 10 heteroatoms. The molecule has 184 valence electrons. The lowest BCUT2D eigenvalue weighted by Gasteiger charge is -2.29. The Morgan fingerprint density at radius 3 is 2.50 bits per heavy atom. The second-order valence-electron chi connectivity index (χ2n) is 8.42. The maximum atomic E-state index is 11.6. The maximum Gasteiger partial charge on any atom is 0.229 e. The fourth-order valence-electron chi connectivity index (χ4n) is 4.47. The molecule has 1 saturated heterocycles. The Labute approximate surface area is 215 Å². The normalized spacial score (nSPS) is 17.6. The van der Waals surface area contributed by atoms with Gasteiger partial charge in [0.15, 0.2) is 5.11 Å². The van der Waals surface area contributed by atoms with Gasteiger partial charge < -0.3 is 19.5 Å². The number of anilines is 2. The van der Waals surface area contributed by atoms with Crippen LogP contribution in [0, 0.1) is 0 Å². The molecule has 2 aromatic heterocycles. The van der Waals surface area contributed by atoms with E-state index < -0.39 is 10.0 Å². The summed E-state index contributed by atoms with van der Waals surface area (Å²) in [7, 11) is -1.73. The van der Waals surface area contributed by atoms with Crippen LogP contribution in [0.2, 0.25) is 0 Å². The van der Waals surface area contributed by atoms with Crippen LogP contribution in [0.5, 0.6) is 5.75 Å². The van der Waals surface area contributed by atoms with Crippen LogP contribution in [0.4, 0.5) is 11.4 Å². The number of ether oxygens (including phenoxy) is 1. The largest absolute Gasteiger partial charge is 0.497 e. The van der Waals surface area contributed by atoms with Crippen LogP contribution in [-0.2, 0) is 10.0 Å². The van der Waals surface area contributed by atoms with Crippen molar-refractivity contribution in [2.24, 2.45) is 0 Å². The number of methoxy groups -OCH3 is 1. The Morgan fingerprint density at radius 1 is 1.00 bits per heavy atom. The predicted octanol–water partition coefficient (Wildman–Crippen LogP) is 4.43. The number of hydrogen-bond donors (Lipinski definition) is 2. The van der Waals surface area contributed by atoms with Crippen molar-refractivity contribution in [2.75, 3.05) is 23.0 Å². The van der Waals surface area contributed by atoms with Gasteiger partial charge in [0.05, 0.1) is 25.1 Å². The molecule has 2 atom stereocenters. The number of aromatic nitrogens is 2. The number of rotatable bonds is 7. The number of nitrogens with zero attached hydrogens (tertiary/aromatic N) is 3. The molecule has 4 aromatic rings. The quantitative estimate of drug-likeness (QED) is 0.349. The van der Waals surface area contributed by atoms with Gasteiger partial charge in [-0.15, -0.1) is 0 Å². The van der Waals surface area contributed by atoms with E-state index in [0.29, 0.717) is 10.8 Å². The van der Waals surface area contributed by atoms with Crippen molar-refractivity contribution in [3.05, 3.63) is 103 Å². The van der Waals surface area contributed by atoms with Crippen molar-refractivity contribution in [3.63, 3.8) is 0 Å². The summed E-state index contributed by atoms with van der Waals surface area (Å²) in [6, 6.07) is 24.5. The highest BCUT2D eigenvalue weighted by Crippen LogP contribution is 2.42. The van der Waals surface area contributed by atoms with Gasteiger partial charge in [-0.1, -0.05) is 12.1 Å². The van der Waals surface area contributed by atoms with Crippen LogP contribution in [0.1, 0.15) is 23.5 Å². The van der Waals surface area contributed by atoms with Gasteiger partial charge in [-0.2, -0.15) is 0 Å². The van der Waals surface area contributed by atoms with Gasteiger partial charge in [-0.3, -0.25) is 9.71 Å².